The van der Waals surface area contributed by atoms with Crippen LogP contribution in [0.3, 0.4) is 0 Å². The maximum atomic E-state index is 12.0. The number of hydrogen-bond donors (Lipinski definition) is 0. The Kier molecular flexibility index (Phi) is 3.73. The first-order chi connectivity index (χ1) is 8.02. The van der Waals surface area contributed by atoms with Gasteiger partial charge in [0.15, 0.2) is 9.84 Å². The number of carbonyl (C=O) groups excluding carboxylic acids is 1. The summed E-state index contributed by atoms with van der Waals surface area (Å²) in [5.41, 5.74) is 0. The summed E-state index contributed by atoms with van der Waals surface area (Å²) in [5.74, 6) is 0.528. The van der Waals surface area contributed by atoms with Crippen LogP contribution in [0.1, 0.15) is 19.8 Å². The third-order valence-electron chi connectivity index (χ3n) is 3.44. The number of rotatable bonds is 4. The minimum absolute atomic E-state index is 0.147. The van der Waals surface area contributed by atoms with Gasteiger partial charge in [0.25, 0.3) is 0 Å². The minimum atomic E-state index is -2.85. The van der Waals surface area contributed by atoms with E-state index in [1.807, 2.05) is 16.7 Å². The number of hydrogen-bond acceptors (Lipinski definition) is 4. The number of nitrogens with zero attached hydrogens (tertiary/aromatic N) is 2. The highest BCUT2D eigenvalue weighted by molar-refractivity contribution is 7.91. The molecule has 0 aromatic heterocycles. The molecule has 0 radical (unpaired) electrons. The van der Waals surface area contributed by atoms with Gasteiger partial charge in [0.1, 0.15) is 0 Å². The molecule has 0 unspecified atom stereocenters. The van der Waals surface area contributed by atoms with Crippen LogP contribution in [0.25, 0.3) is 0 Å². The lowest BCUT2D eigenvalue weighted by Crippen LogP contribution is -2.47. The predicted octanol–water partition coefficient (Wildman–Crippen LogP) is -0.272. The van der Waals surface area contributed by atoms with Crippen molar-refractivity contribution in [2.75, 3.05) is 37.7 Å². The normalized spacial score (nSPS) is 24.5. The summed E-state index contributed by atoms with van der Waals surface area (Å²) >= 11 is 0. The summed E-state index contributed by atoms with van der Waals surface area (Å²) in [5, 5.41) is 0. The molecule has 0 aromatic carbocycles. The Morgan fingerprint density at radius 1 is 1.29 bits per heavy atom. The van der Waals surface area contributed by atoms with E-state index < -0.39 is 9.84 Å². The highest BCUT2D eigenvalue weighted by Gasteiger charge is 2.32. The SMILES string of the molecule is CCN(C(=O)CN1CCS(=O)(=O)CC1)C1CC1. The highest BCUT2D eigenvalue weighted by atomic mass is 32.2. The van der Waals surface area contributed by atoms with Gasteiger partial charge in [-0.2, -0.15) is 0 Å². The maximum absolute atomic E-state index is 12.0. The van der Waals surface area contributed by atoms with Crippen LogP contribution in [-0.4, -0.2) is 67.9 Å². The minimum Gasteiger partial charge on any atom is -0.339 e. The van der Waals surface area contributed by atoms with E-state index >= 15 is 0 Å². The average Bonchev–Trinajstić information content (AvgIpc) is 3.07. The number of amides is 1. The Morgan fingerprint density at radius 2 is 1.88 bits per heavy atom. The standard InChI is InChI=1S/C11H20N2O3S/c1-2-13(10-3-4-10)11(14)9-12-5-7-17(15,16)8-6-12/h10H,2-9H2,1H3. The molecule has 0 N–H and O–H groups in total. The number of sulfone groups is 1. The Morgan fingerprint density at radius 3 is 2.35 bits per heavy atom. The summed E-state index contributed by atoms with van der Waals surface area (Å²) in [4.78, 5) is 15.9. The van der Waals surface area contributed by atoms with Gasteiger partial charge in [0.05, 0.1) is 18.1 Å². The van der Waals surface area contributed by atoms with Gasteiger partial charge in [-0.05, 0) is 19.8 Å². The van der Waals surface area contributed by atoms with Gasteiger partial charge in [-0.25, -0.2) is 8.42 Å². The van der Waals surface area contributed by atoms with Crippen LogP contribution in [-0.2, 0) is 14.6 Å². The summed E-state index contributed by atoms with van der Waals surface area (Å²) in [6.45, 7) is 4.12. The van der Waals surface area contributed by atoms with Crippen molar-refractivity contribution in [3.8, 4) is 0 Å². The van der Waals surface area contributed by atoms with Crippen molar-refractivity contribution in [1.29, 1.82) is 0 Å². The van der Waals surface area contributed by atoms with E-state index in [4.69, 9.17) is 0 Å². The third kappa shape index (κ3) is 3.42. The van der Waals surface area contributed by atoms with Crippen LogP contribution < -0.4 is 0 Å². The molecule has 0 atom stereocenters. The number of likely N-dealkylation sites (N-methyl/N-ethyl adjacent to an activating group) is 1. The Labute approximate surface area is 103 Å². The molecular weight excluding hydrogens is 240 g/mol. The largest absolute Gasteiger partial charge is 0.339 e. The summed E-state index contributed by atoms with van der Waals surface area (Å²) in [7, 11) is -2.85. The van der Waals surface area contributed by atoms with E-state index in [1.165, 1.54) is 0 Å². The van der Waals surface area contributed by atoms with E-state index in [2.05, 4.69) is 0 Å². The lowest BCUT2D eigenvalue weighted by atomic mass is 10.4. The van der Waals surface area contributed by atoms with Crippen LogP contribution in [0.2, 0.25) is 0 Å². The van der Waals surface area contributed by atoms with Gasteiger partial charge in [0, 0.05) is 25.7 Å². The fraction of sp³-hybridized carbons (Fsp3) is 0.909. The van der Waals surface area contributed by atoms with Crippen LogP contribution in [0.15, 0.2) is 0 Å². The fourth-order valence-corrected chi connectivity index (χ4v) is 3.49. The van der Waals surface area contributed by atoms with E-state index in [0.717, 1.165) is 19.4 Å². The molecule has 17 heavy (non-hydrogen) atoms. The number of carbonyl (C=O) groups is 1. The molecule has 1 saturated heterocycles. The van der Waals surface area contributed by atoms with Gasteiger partial charge in [0.2, 0.25) is 5.91 Å². The van der Waals surface area contributed by atoms with Gasteiger partial charge in [-0.3, -0.25) is 9.69 Å². The first-order valence-electron chi connectivity index (χ1n) is 6.24. The van der Waals surface area contributed by atoms with Crippen molar-refractivity contribution in [2.45, 2.75) is 25.8 Å². The molecule has 1 aliphatic carbocycles. The van der Waals surface area contributed by atoms with Crippen molar-refractivity contribution < 1.29 is 13.2 Å². The molecule has 0 spiro atoms. The first-order valence-corrected chi connectivity index (χ1v) is 8.06. The van der Waals surface area contributed by atoms with E-state index in [9.17, 15) is 13.2 Å². The van der Waals surface area contributed by atoms with Crippen molar-refractivity contribution in [1.82, 2.24) is 9.80 Å². The summed E-state index contributed by atoms with van der Waals surface area (Å²) < 4.78 is 22.5. The predicted molar refractivity (Wildman–Crippen MR) is 65.5 cm³/mol. The molecule has 5 nitrogen and oxygen atoms in total. The Balaban J connectivity index is 1.82. The molecular formula is C11H20N2O3S. The average molecular weight is 260 g/mol. The molecule has 0 bridgehead atoms. The van der Waals surface area contributed by atoms with E-state index in [0.29, 0.717) is 25.7 Å². The maximum Gasteiger partial charge on any atom is 0.236 e. The highest BCUT2D eigenvalue weighted by Crippen LogP contribution is 2.26. The van der Waals surface area contributed by atoms with Crippen molar-refractivity contribution in [2.24, 2.45) is 0 Å². The van der Waals surface area contributed by atoms with Gasteiger partial charge >= 0.3 is 0 Å². The zero-order chi connectivity index (χ0) is 12.5. The monoisotopic (exact) mass is 260 g/mol. The van der Waals surface area contributed by atoms with Gasteiger partial charge in [-0.1, -0.05) is 0 Å². The molecule has 1 saturated carbocycles. The lowest BCUT2D eigenvalue weighted by molar-refractivity contribution is -0.132. The zero-order valence-corrected chi connectivity index (χ0v) is 11.1. The molecule has 2 fully saturated rings. The van der Waals surface area contributed by atoms with Gasteiger partial charge in [-0.15, -0.1) is 0 Å². The molecule has 2 aliphatic rings. The van der Waals surface area contributed by atoms with Crippen molar-refractivity contribution in [3.05, 3.63) is 0 Å². The first kappa shape index (κ1) is 12.8. The lowest BCUT2D eigenvalue weighted by Gasteiger charge is -2.29. The van der Waals surface area contributed by atoms with Crippen LogP contribution in [0.4, 0.5) is 0 Å². The molecule has 98 valence electrons. The molecule has 1 amide bonds. The quantitative estimate of drug-likeness (QED) is 0.698. The van der Waals surface area contributed by atoms with Crippen molar-refractivity contribution in [3.63, 3.8) is 0 Å². The second-order valence-corrected chi connectivity index (χ2v) is 7.14. The second-order valence-electron chi connectivity index (χ2n) is 4.84. The van der Waals surface area contributed by atoms with Crippen LogP contribution in [0, 0.1) is 0 Å². The second kappa shape index (κ2) is 4.94. The molecule has 6 heteroatoms. The summed E-state index contributed by atoms with van der Waals surface area (Å²) in [6.07, 6.45) is 2.24. The van der Waals surface area contributed by atoms with Crippen molar-refractivity contribution >= 4 is 15.7 Å². The zero-order valence-electron chi connectivity index (χ0n) is 10.3. The molecule has 1 aliphatic heterocycles. The molecule has 2 rings (SSSR count). The Hall–Kier alpha value is -0.620. The Bertz CT molecular complexity index is 376. The van der Waals surface area contributed by atoms with E-state index in [1.54, 1.807) is 0 Å². The van der Waals surface area contributed by atoms with Crippen LogP contribution >= 0.6 is 0 Å². The smallest absolute Gasteiger partial charge is 0.236 e. The van der Waals surface area contributed by atoms with Gasteiger partial charge < -0.3 is 4.90 Å². The molecule has 0 aromatic rings. The third-order valence-corrected chi connectivity index (χ3v) is 5.05. The van der Waals surface area contributed by atoms with Crippen LogP contribution in [0.5, 0.6) is 0 Å². The topological polar surface area (TPSA) is 57.7 Å². The van der Waals surface area contributed by atoms with E-state index in [-0.39, 0.29) is 17.4 Å². The summed E-state index contributed by atoms with van der Waals surface area (Å²) in [6, 6.07) is 0.445. The fourth-order valence-electron chi connectivity index (χ4n) is 2.21. The molecule has 1 heterocycles.